The first-order valence-corrected chi connectivity index (χ1v) is 10.6. The second kappa shape index (κ2) is 9.71. The maximum Gasteiger partial charge on any atom is 0.227 e. The zero-order chi connectivity index (χ0) is 21.6. The number of nitrogens with one attached hydrogen (secondary N) is 2. The third kappa shape index (κ3) is 5.89. The van der Waals surface area contributed by atoms with E-state index in [0.29, 0.717) is 51.1 Å². The Morgan fingerprint density at radius 3 is 2.84 bits per heavy atom. The molecule has 11 heteroatoms. The molecule has 8 nitrogen and oxygen atoms in total. The molecule has 31 heavy (non-hydrogen) atoms. The highest BCUT2D eigenvalue weighted by Gasteiger charge is 2.12. The molecule has 2 heterocycles. The Balaban J connectivity index is 1.26. The Labute approximate surface area is 185 Å². The summed E-state index contributed by atoms with van der Waals surface area (Å²) in [6.45, 7) is 0. The third-order valence-electron chi connectivity index (χ3n) is 4.10. The van der Waals surface area contributed by atoms with Gasteiger partial charge in [0.2, 0.25) is 17.0 Å². The number of aromatic amines is 1. The van der Waals surface area contributed by atoms with Gasteiger partial charge in [0.15, 0.2) is 11.6 Å². The van der Waals surface area contributed by atoms with Crippen LogP contribution in [-0.4, -0.2) is 31.2 Å². The number of carbonyl (C=O) groups is 1. The van der Waals surface area contributed by atoms with Crippen LogP contribution >= 0.6 is 23.4 Å². The molecule has 0 unspecified atom stereocenters. The molecule has 0 saturated carbocycles. The molecule has 0 aliphatic carbocycles. The molecule has 158 valence electrons. The molecule has 2 aromatic heterocycles. The molecule has 0 fully saturated rings. The summed E-state index contributed by atoms with van der Waals surface area (Å²) < 4.78 is 18.5. The summed E-state index contributed by atoms with van der Waals surface area (Å²) in [5, 5.41) is 14.7. The Kier molecular flexibility index (Phi) is 6.58. The fraction of sp³-hybridized carbons (Fsp3) is 0.150. The summed E-state index contributed by atoms with van der Waals surface area (Å²) >= 11 is 7.14. The monoisotopic (exact) mass is 458 g/mol. The van der Waals surface area contributed by atoms with Crippen LogP contribution in [0.25, 0.3) is 11.4 Å². The Bertz CT molecular complexity index is 1180. The number of nitrogens with zero attached hydrogens (tertiary/aromatic N) is 4. The van der Waals surface area contributed by atoms with E-state index in [4.69, 9.17) is 16.1 Å². The molecule has 0 saturated heterocycles. The number of benzene rings is 2. The molecule has 0 atom stereocenters. The molecular formula is C20H16ClFN6O2S. The normalized spacial score (nSPS) is 10.9. The van der Waals surface area contributed by atoms with Crippen LogP contribution < -0.4 is 5.32 Å². The molecular weight excluding hydrogens is 443 g/mol. The van der Waals surface area contributed by atoms with Crippen molar-refractivity contribution < 1.29 is 13.7 Å². The van der Waals surface area contributed by atoms with Gasteiger partial charge in [-0.1, -0.05) is 40.7 Å². The van der Waals surface area contributed by atoms with E-state index in [2.05, 4.69) is 30.6 Å². The van der Waals surface area contributed by atoms with Crippen molar-refractivity contribution in [3.63, 3.8) is 0 Å². The van der Waals surface area contributed by atoms with E-state index < -0.39 is 0 Å². The number of hydrogen-bond donors (Lipinski definition) is 2. The topological polar surface area (TPSA) is 110 Å². The predicted molar refractivity (Wildman–Crippen MR) is 114 cm³/mol. The lowest BCUT2D eigenvalue weighted by Crippen LogP contribution is -2.12. The van der Waals surface area contributed by atoms with Crippen LogP contribution in [0.3, 0.4) is 0 Å². The largest absolute Gasteiger partial charge is 0.339 e. The number of aromatic nitrogens is 5. The number of carbonyl (C=O) groups excluding carboxylic acids is 1. The van der Waals surface area contributed by atoms with Gasteiger partial charge < -0.3 is 9.84 Å². The van der Waals surface area contributed by atoms with Crippen molar-refractivity contribution in [2.75, 3.05) is 5.32 Å². The van der Waals surface area contributed by atoms with Gasteiger partial charge in [-0.3, -0.25) is 9.89 Å². The van der Waals surface area contributed by atoms with Crippen molar-refractivity contribution in [1.29, 1.82) is 0 Å². The fourth-order valence-electron chi connectivity index (χ4n) is 2.63. The van der Waals surface area contributed by atoms with Gasteiger partial charge in [0.05, 0.1) is 5.75 Å². The lowest BCUT2D eigenvalue weighted by atomic mass is 10.2. The summed E-state index contributed by atoms with van der Waals surface area (Å²) in [6.07, 6.45) is 0.525. The first-order valence-electron chi connectivity index (χ1n) is 9.23. The van der Waals surface area contributed by atoms with Crippen LogP contribution in [0.15, 0.2) is 58.2 Å². The van der Waals surface area contributed by atoms with E-state index in [-0.39, 0.29) is 18.1 Å². The minimum Gasteiger partial charge on any atom is -0.339 e. The van der Waals surface area contributed by atoms with Gasteiger partial charge >= 0.3 is 0 Å². The van der Waals surface area contributed by atoms with Crippen LogP contribution in [0, 0.1) is 5.82 Å². The zero-order valence-electron chi connectivity index (χ0n) is 16.0. The summed E-state index contributed by atoms with van der Waals surface area (Å²) in [4.78, 5) is 20.7. The lowest BCUT2D eigenvalue weighted by molar-refractivity contribution is -0.116. The van der Waals surface area contributed by atoms with E-state index in [1.165, 1.54) is 23.9 Å². The molecule has 0 radical (unpaired) electrons. The number of thioether (sulfide) groups is 1. The van der Waals surface area contributed by atoms with Gasteiger partial charge in [-0.15, -0.1) is 5.10 Å². The third-order valence-corrected chi connectivity index (χ3v) is 5.19. The molecule has 0 spiro atoms. The maximum absolute atomic E-state index is 13.3. The van der Waals surface area contributed by atoms with Crippen LogP contribution in [0.4, 0.5) is 10.1 Å². The first-order chi connectivity index (χ1) is 15.0. The quantitative estimate of drug-likeness (QED) is 0.374. The van der Waals surface area contributed by atoms with Gasteiger partial charge in [0.25, 0.3) is 0 Å². The van der Waals surface area contributed by atoms with E-state index in [0.717, 1.165) is 0 Å². The summed E-state index contributed by atoms with van der Waals surface area (Å²) in [6, 6.07) is 13.0. The van der Waals surface area contributed by atoms with E-state index in [9.17, 15) is 9.18 Å². The Morgan fingerprint density at radius 1 is 1.19 bits per heavy atom. The van der Waals surface area contributed by atoms with Crippen molar-refractivity contribution >= 4 is 35.0 Å². The second-order valence-electron chi connectivity index (χ2n) is 6.43. The first kappa shape index (κ1) is 21.0. The number of aryl methyl sites for hydroxylation is 1. The molecule has 2 N–H and O–H groups in total. The molecule has 0 aliphatic heterocycles. The highest BCUT2D eigenvalue weighted by atomic mass is 35.5. The number of hydrogen-bond acceptors (Lipinski definition) is 7. The number of rotatable bonds is 8. The van der Waals surface area contributed by atoms with Gasteiger partial charge in [0.1, 0.15) is 5.82 Å². The molecule has 1 amide bonds. The average molecular weight is 459 g/mol. The number of amides is 1. The molecule has 0 aliphatic rings. The highest BCUT2D eigenvalue weighted by molar-refractivity contribution is 7.98. The van der Waals surface area contributed by atoms with Crippen molar-refractivity contribution in [3.05, 3.63) is 71.1 Å². The lowest BCUT2D eigenvalue weighted by Gasteiger charge is -2.03. The molecule has 4 rings (SSSR count). The fourth-order valence-corrected chi connectivity index (χ4v) is 3.40. The minimum atomic E-state index is -0.343. The number of anilines is 1. The van der Waals surface area contributed by atoms with Gasteiger partial charge in [-0.25, -0.2) is 9.37 Å². The predicted octanol–water partition coefficient (Wildman–Crippen LogP) is 4.51. The minimum absolute atomic E-state index is 0.165. The van der Waals surface area contributed by atoms with Crippen LogP contribution in [0.5, 0.6) is 0 Å². The smallest absolute Gasteiger partial charge is 0.227 e. The molecule has 2 aromatic carbocycles. The van der Waals surface area contributed by atoms with Crippen molar-refractivity contribution in [3.8, 4) is 11.4 Å². The summed E-state index contributed by atoms with van der Waals surface area (Å²) in [5.74, 6) is 1.20. The van der Waals surface area contributed by atoms with Crippen molar-refractivity contribution in [2.24, 2.45) is 0 Å². The van der Waals surface area contributed by atoms with Gasteiger partial charge in [0, 0.05) is 29.1 Å². The van der Waals surface area contributed by atoms with Crippen molar-refractivity contribution in [1.82, 2.24) is 25.3 Å². The summed E-state index contributed by atoms with van der Waals surface area (Å²) in [5.41, 5.74) is 1.28. The van der Waals surface area contributed by atoms with Crippen LogP contribution in [-0.2, 0) is 17.0 Å². The summed E-state index contributed by atoms with van der Waals surface area (Å²) in [7, 11) is 0. The van der Waals surface area contributed by atoms with Crippen LogP contribution in [0.2, 0.25) is 5.02 Å². The molecule has 4 aromatic rings. The number of halogens is 2. The zero-order valence-corrected chi connectivity index (χ0v) is 17.6. The van der Waals surface area contributed by atoms with Gasteiger partial charge in [-0.2, -0.15) is 4.98 Å². The van der Waals surface area contributed by atoms with E-state index >= 15 is 0 Å². The Hall–Kier alpha value is -3.24. The Morgan fingerprint density at radius 2 is 2.03 bits per heavy atom. The van der Waals surface area contributed by atoms with E-state index in [1.807, 2.05) is 0 Å². The van der Waals surface area contributed by atoms with Gasteiger partial charge in [-0.05, 0) is 36.4 Å². The van der Waals surface area contributed by atoms with Crippen molar-refractivity contribution in [2.45, 2.75) is 23.8 Å². The highest BCUT2D eigenvalue weighted by Crippen LogP contribution is 2.22. The molecule has 0 bridgehead atoms. The van der Waals surface area contributed by atoms with E-state index in [1.54, 1.807) is 36.4 Å². The SMILES string of the molecule is O=C(CCc1nc(CSc2n[nH]c(-c3cccc(F)c3)n2)no1)Nc1ccc(Cl)cc1. The second-order valence-corrected chi connectivity index (χ2v) is 7.80. The van der Waals surface area contributed by atoms with Crippen LogP contribution in [0.1, 0.15) is 18.1 Å². The number of H-pyrrole nitrogens is 1. The standard InChI is InChI=1S/C20H16ClFN6O2S/c21-13-4-6-15(7-5-13)23-17(29)8-9-18-24-16(28-30-18)11-31-20-25-19(26-27-20)12-2-1-3-14(22)10-12/h1-7,10H,8-9,11H2,(H,23,29)(H,25,26,27). The average Bonchev–Trinajstić information content (AvgIpc) is 3.42. The maximum atomic E-state index is 13.3.